The van der Waals surface area contributed by atoms with E-state index in [2.05, 4.69) is 37.8 Å². The Morgan fingerprint density at radius 1 is 1.00 bits per heavy atom. The molecule has 1 spiro atoms. The summed E-state index contributed by atoms with van der Waals surface area (Å²) < 4.78 is 2.03. The highest BCUT2D eigenvalue weighted by Crippen LogP contribution is 2.39. The molecule has 3 heterocycles. The number of aromatic nitrogens is 2. The average Bonchev–Trinajstić information content (AvgIpc) is 3.30. The molecule has 1 aromatic heterocycles. The van der Waals surface area contributed by atoms with Crippen molar-refractivity contribution in [3.63, 3.8) is 0 Å². The van der Waals surface area contributed by atoms with E-state index in [1.807, 2.05) is 27.8 Å². The molecule has 1 saturated carbocycles. The Morgan fingerprint density at radius 2 is 1.68 bits per heavy atom. The number of hydrogen-bond donors (Lipinski definition) is 0. The van der Waals surface area contributed by atoms with Crippen molar-refractivity contribution in [2.75, 3.05) is 26.2 Å². The number of carbonyl (C=O) groups excluding carboxylic acids is 2. The monoisotopic (exact) mass is 541 g/mol. The van der Waals surface area contributed by atoms with E-state index in [1.165, 1.54) is 30.5 Å². The normalized spacial score (nSPS) is 20.4. The predicted molar refractivity (Wildman–Crippen MR) is 153 cm³/mol. The minimum atomic E-state index is -0.657. The maximum Gasteiger partial charge on any atom is 0.327 e. The van der Waals surface area contributed by atoms with Crippen molar-refractivity contribution >= 4 is 24.3 Å². The van der Waals surface area contributed by atoms with Crippen LogP contribution < -0.4 is 0 Å². The van der Waals surface area contributed by atoms with Crippen LogP contribution in [0.1, 0.15) is 81.7 Å². The molecule has 0 radical (unpaired) electrons. The second-order valence-corrected chi connectivity index (χ2v) is 11.4. The molecule has 0 bridgehead atoms. The minimum Gasteiger partial charge on any atom is -0.309 e. The maximum atomic E-state index is 13.9. The van der Waals surface area contributed by atoms with Crippen molar-refractivity contribution < 1.29 is 9.59 Å². The predicted octanol–water partition coefficient (Wildman–Crippen LogP) is 5.89. The fraction of sp³-hybridized carbons (Fsp3) is 0.633. The number of halogens is 1. The number of imide groups is 1. The van der Waals surface area contributed by atoms with E-state index in [9.17, 15) is 9.59 Å². The third kappa shape index (κ3) is 5.37. The number of piperidine rings is 1. The van der Waals surface area contributed by atoms with Crippen LogP contribution in [-0.4, -0.2) is 68.1 Å². The van der Waals surface area contributed by atoms with E-state index in [0.29, 0.717) is 31.8 Å². The van der Waals surface area contributed by atoms with Crippen LogP contribution in [-0.2, 0) is 11.3 Å². The summed E-state index contributed by atoms with van der Waals surface area (Å²) in [5.41, 5.74) is 3.90. The van der Waals surface area contributed by atoms with E-state index in [0.717, 1.165) is 56.7 Å². The summed E-state index contributed by atoms with van der Waals surface area (Å²) in [6, 6.07) is 10.2. The lowest BCUT2D eigenvalue weighted by molar-refractivity contribution is -0.136. The van der Waals surface area contributed by atoms with Gasteiger partial charge in [0.1, 0.15) is 5.54 Å². The Kier molecular flexibility index (Phi) is 9.19. The van der Waals surface area contributed by atoms with Crippen molar-refractivity contribution in [2.45, 2.75) is 90.6 Å². The number of amides is 3. The number of benzene rings is 1. The summed E-state index contributed by atoms with van der Waals surface area (Å²) in [4.78, 5) is 33.5. The van der Waals surface area contributed by atoms with Crippen LogP contribution in [0.3, 0.4) is 0 Å². The van der Waals surface area contributed by atoms with Crippen LogP contribution >= 0.6 is 12.4 Å². The molecule has 1 aliphatic carbocycles. The van der Waals surface area contributed by atoms with Gasteiger partial charge in [-0.3, -0.25) is 14.6 Å². The molecule has 3 fully saturated rings. The molecule has 0 N–H and O–H groups in total. The van der Waals surface area contributed by atoms with Crippen LogP contribution in [0.5, 0.6) is 0 Å². The highest BCUT2D eigenvalue weighted by atomic mass is 35.5. The van der Waals surface area contributed by atoms with E-state index in [1.54, 1.807) is 4.90 Å². The molecule has 0 atom stereocenters. The van der Waals surface area contributed by atoms with Crippen molar-refractivity contribution in [3.8, 4) is 5.69 Å². The summed E-state index contributed by atoms with van der Waals surface area (Å²) in [5, 5.41) is 4.83. The van der Waals surface area contributed by atoms with Crippen molar-refractivity contribution in [3.05, 3.63) is 47.3 Å². The lowest BCUT2D eigenvalue weighted by Gasteiger charge is -2.42. The summed E-state index contributed by atoms with van der Waals surface area (Å²) in [5.74, 6) is 0.542. The van der Waals surface area contributed by atoms with Gasteiger partial charge in [0.25, 0.3) is 5.91 Å². The minimum absolute atomic E-state index is 0. The van der Waals surface area contributed by atoms with Gasteiger partial charge in [0, 0.05) is 44.0 Å². The van der Waals surface area contributed by atoms with Gasteiger partial charge in [0.15, 0.2) is 0 Å². The van der Waals surface area contributed by atoms with Gasteiger partial charge in [0.2, 0.25) is 0 Å². The Balaban J connectivity index is 0.00000336. The number of likely N-dealkylation sites (tertiary alicyclic amines) is 1. The Labute approximate surface area is 233 Å². The van der Waals surface area contributed by atoms with E-state index in [4.69, 9.17) is 5.10 Å². The quantitative estimate of drug-likeness (QED) is 0.391. The summed E-state index contributed by atoms with van der Waals surface area (Å²) in [6.07, 6.45) is 9.40. The fourth-order valence-corrected chi connectivity index (χ4v) is 6.71. The van der Waals surface area contributed by atoms with Gasteiger partial charge >= 0.3 is 6.03 Å². The first-order valence-electron chi connectivity index (χ1n) is 14.4. The molecule has 3 aliphatic rings. The molecular weight excluding hydrogens is 498 g/mol. The van der Waals surface area contributed by atoms with Gasteiger partial charge < -0.3 is 4.90 Å². The standard InChI is InChI=1S/C30H43N5O2.ClH/c1-4-5-18-34-29(37)33(21-25-12-8-6-9-13-25)28(36)30(34)16-19-32(20-17-30)22-27-23(2)31-35(24(27)3)26-14-10-7-11-15-26;/h7,10-11,14-15,25H,4-6,8-9,12-13,16-22H2,1-3H3;1H. The molecule has 208 valence electrons. The van der Waals surface area contributed by atoms with Crippen molar-refractivity contribution in [1.82, 2.24) is 24.5 Å². The zero-order valence-electron chi connectivity index (χ0n) is 23.3. The Hall–Kier alpha value is -2.38. The molecule has 3 amide bonds. The Bertz CT molecular complexity index is 1100. The number of aryl methyl sites for hydroxylation is 1. The first kappa shape index (κ1) is 28.6. The Morgan fingerprint density at radius 3 is 2.34 bits per heavy atom. The van der Waals surface area contributed by atoms with E-state index < -0.39 is 5.54 Å². The smallest absolute Gasteiger partial charge is 0.309 e. The van der Waals surface area contributed by atoms with Gasteiger partial charge in [-0.2, -0.15) is 5.10 Å². The van der Waals surface area contributed by atoms with Crippen LogP contribution in [0.25, 0.3) is 5.69 Å². The third-order valence-electron chi connectivity index (χ3n) is 9.03. The summed E-state index contributed by atoms with van der Waals surface area (Å²) >= 11 is 0. The van der Waals surface area contributed by atoms with Crippen molar-refractivity contribution in [1.29, 1.82) is 0 Å². The molecule has 1 aromatic carbocycles. The van der Waals surface area contributed by atoms with Gasteiger partial charge in [-0.25, -0.2) is 9.48 Å². The highest BCUT2D eigenvalue weighted by molar-refractivity contribution is 6.07. The zero-order chi connectivity index (χ0) is 26.0. The second-order valence-electron chi connectivity index (χ2n) is 11.4. The fourth-order valence-electron chi connectivity index (χ4n) is 6.71. The molecule has 2 saturated heterocycles. The molecule has 5 rings (SSSR count). The van der Waals surface area contributed by atoms with Crippen LogP contribution in [0, 0.1) is 19.8 Å². The molecule has 2 aromatic rings. The largest absolute Gasteiger partial charge is 0.327 e. The number of rotatable bonds is 8. The molecule has 7 nitrogen and oxygen atoms in total. The van der Waals surface area contributed by atoms with Crippen LogP contribution in [0.4, 0.5) is 4.79 Å². The molecular formula is C30H44ClN5O2. The number of carbonyl (C=O) groups is 2. The third-order valence-corrected chi connectivity index (χ3v) is 9.03. The van der Waals surface area contributed by atoms with E-state index >= 15 is 0 Å². The SMILES string of the molecule is CCCCN1C(=O)N(CC2CCCCC2)C(=O)C12CCN(Cc1c(C)nn(-c3ccccc3)c1C)CC2.Cl. The topological polar surface area (TPSA) is 61.7 Å². The lowest BCUT2D eigenvalue weighted by Crippen LogP contribution is -2.56. The first-order valence-corrected chi connectivity index (χ1v) is 14.4. The molecule has 38 heavy (non-hydrogen) atoms. The van der Waals surface area contributed by atoms with Gasteiger partial charge in [-0.05, 0) is 64.0 Å². The number of nitrogens with zero attached hydrogens (tertiary/aromatic N) is 5. The highest BCUT2D eigenvalue weighted by Gasteiger charge is 2.57. The first-order chi connectivity index (χ1) is 17.9. The van der Waals surface area contributed by atoms with E-state index in [-0.39, 0.29) is 24.3 Å². The number of para-hydroxylation sites is 1. The van der Waals surface area contributed by atoms with Crippen LogP contribution in [0.15, 0.2) is 30.3 Å². The number of urea groups is 1. The summed E-state index contributed by atoms with van der Waals surface area (Å²) in [7, 11) is 0. The average molecular weight is 542 g/mol. The van der Waals surface area contributed by atoms with Crippen molar-refractivity contribution in [2.24, 2.45) is 5.92 Å². The maximum absolute atomic E-state index is 13.9. The number of hydrogen-bond acceptors (Lipinski definition) is 4. The van der Waals surface area contributed by atoms with Gasteiger partial charge in [-0.1, -0.05) is 50.8 Å². The van der Waals surface area contributed by atoms with Crippen LogP contribution in [0.2, 0.25) is 0 Å². The second kappa shape index (κ2) is 12.2. The van der Waals surface area contributed by atoms with Gasteiger partial charge in [0.05, 0.1) is 11.4 Å². The summed E-state index contributed by atoms with van der Waals surface area (Å²) in [6.45, 7) is 10.1. The molecule has 8 heteroatoms. The number of unbranched alkanes of at least 4 members (excludes halogenated alkanes) is 1. The lowest BCUT2D eigenvalue weighted by atomic mass is 9.84. The molecule has 0 unspecified atom stereocenters. The zero-order valence-corrected chi connectivity index (χ0v) is 24.1. The molecule has 2 aliphatic heterocycles. The van der Waals surface area contributed by atoms with Gasteiger partial charge in [-0.15, -0.1) is 12.4 Å².